The normalized spacial score (nSPS) is 12.5. The number of anilines is 2. The maximum atomic E-state index is 13.0. The molecule has 0 bridgehead atoms. The Hall–Kier alpha value is -2.88. The lowest BCUT2D eigenvalue weighted by molar-refractivity contribution is -0.119. The number of rotatable bonds is 8. The number of ether oxygens (including phenoxy) is 1. The highest BCUT2D eigenvalue weighted by atomic mass is 35.5. The monoisotopic (exact) mass is 507 g/mol. The summed E-state index contributed by atoms with van der Waals surface area (Å²) in [5, 5.41) is 18.0. The number of aromatic nitrogens is 2. The van der Waals surface area contributed by atoms with Crippen LogP contribution in [0.3, 0.4) is 0 Å². The third kappa shape index (κ3) is 6.56. The van der Waals surface area contributed by atoms with E-state index < -0.39 is 18.0 Å². The molecule has 0 aliphatic heterocycles. The van der Waals surface area contributed by atoms with Gasteiger partial charge in [-0.1, -0.05) is 66.9 Å². The van der Waals surface area contributed by atoms with Crippen LogP contribution >= 0.6 is 34.5 Å². The highest BCUT2D eigenvalue weighted by Gasteiger charge is 2.27. The van der Waals surface area contributed by atoms with Gasteiger partial charge in [-0.15, -0.1) is 10.2 Å². The van der Waals surface area contributed by atoms with Gasteiger partial charge >= 0.3 is 6.03 Å². The van der Waals surface area contributed by atoms with E-state index in [1.54, 1.807) is 19.2 Å². The minimum atomic E-state index is -0.801. The maximum Gasteiger partial charge on any atom is 0.319 e. The van der Waals surface area contributed by atoms with E-state index in [1.165, 1.54) is 17.4 Å². The summed E-state index contributed by atoms with van der Waals surface area (Å²) in [6, 6.07) is 10.7. The third-order valence-electron chi connectivity index (χ3n) is 4.93. The number of benzene rings is 2. The van der Waals surface area contributed by atoms with Gasteiger partial charge in [-0.3, -0.25) is 10.1 Å². The van der Waals surface area contributed by atoms with Gasteiger partial charge < -0.3 is 15.4 Å². The van der Waals surface area contributed by atoms with E-state index in [4.69, 9.17) is 27.9 Å². The second-order valence-corrected chi connectivity index (χ2v) is 9.04. The number of nitrogens with one attached hydrogen (secondary N) is 3. The predicted molar refractivity (Wildman–Crippen MR) is 132 cm³/mol. The lowest BCUT2D eigenvalue weighted by Crippen LogP contribution is -2.49. The van der Waals surface area contributed by atoms with E-state index in [2.05, 4.69) is 26.1 Å². The van der Waals surface area contributed by atoms with E-state index in [1.807, 2.05) is 38.1 Å². The Morgan fingerprint density at radius 1 is 1.12 bits per heavy atom. The number of methoxy groups -OCH3 is 1. The molecule has 0 aliphatic carbocycles. The number of amides is 3. The van der Waals surface area contributed by atoms with Crippen LogP contribution in [0.1, 0.15) is 20.3 Å². The molecule has 0 spiro atoms. The first-order valence-corrected chi connectivity index (χ1v) is 11.7. The van der Waals surface area contributed by atoms with Crippen molar-refractivity contribution in [1.82, 2.24) is 15.5 Å². The quantitative estimate of drug-likeness (QED) is 0.362. The lowest BCUT2D eigenvalue weighted by atomic mass is 9.98. The average molecular weight is 508 g/mol. The van der Waals surface area contributed by atoms with Crippen molar-refractivity contribution in [3.63, 3.8) is 0 Å². The number of hydrogen-bond donors (Lipinski definition) is 3. The standard InChI is InChI=1S/C22H23Cl2N5O3S/c1-4-12(2)18(26-21(31)25-17-9-8-14(23)11-16(17)24)19(30)27-22-29-28-20(33-22)13-6-5-7-15(10-13)32-3/h5-12,18H,4H2,1-3H3,(H2,25,26,31)(H,27,29,30). The van der Waals surface area contributed by atoms with Crippen LogP contribution in [-0.4, -0.2) is 35.3 Å². The molecule has 2 aromatic carbocycles. The predicted octanol–water partition coefficient (Wildman–Crippen LogP) is 5.70. The van der Waals surface area contributed by atoms with Crippen molar-refractivity contribution in [2.45, 2.75) is 26.3 Å². The van der Waals surface area contributed by atoms with Gasteiger partial charge in [-0.25, -0.2) is 4.79 Å². The topological polar surface area (TPSA) is 105 Å². The molecule has 0 saturated heterocycles. The molecule has 8 nitrogen and oxygen atoms in total. The molecule has 174 valence electrons. The van der Waals surface area contributed by atoms with Crippen LogP contribution in [-0.2, 0) is 4.79 Å². The van der Waals surface area contributed by atoms with Gasteiger partial charge in [0.2, 0.25) is 11.0 Å². The van der Waals surface area contributed by atoms with E-state index >= 15 is 0 Å². The van der Waals surface area contributed by atoms with Crippen LogP contribution in [0.2, 0.25) is 10.0 Å². The molecule has 1 aromatic heterocycles. The molecule has 1 heterocycles. The number of urea groups is 1. The van der Waals surface area contributed by atoms with Gasteiger partial charge in [0, 0.05) is 10.6 Å². The number of carbonyl (C=O) groups is 2. The highest BCUT2D eigenvalue weighted by Crippen LogP contribution is 2.29. The molecule has 11 heteroatoms. The summed E-state index contributed by atoms with van der Waals surface area (Å²) >= 11 is 13.2. The first-order chi connectivity index (χ1) is 15.8. The van der Waals surface area contributed by atoms with Gasteiger partial charge in [-0.05, 0) is 36.2 Å². The minimum absolute atomic E-state index is 0.137. The molecule has 2 unspecified atom stereocenters. The molecule has 0 fully saturated rings. The van der Waals surface area contributed by atoms with E-state index in [0.29, 0.717) is 38.0 Å². The van der Waals surface area contributed by atoms with Gasteiger partial charge in [0.1, 0.15) is 16.8 Å². The van der Waals surface area contributed by atoms with Crippen LogP contribution in [0.25, 0.3) is 10.6 Å². The smallest absolute Gasteiger partial charge is 0.319 e. The summed E-state index contributed by atoms with van der Waals surface area (Å²) in [5.41, 5.74) is 1.21. The first-order valence-electron chi connectivity index (χ1n) is 10.1. The molecule has 2 atom stereocenters. The number of nitrogens with zero attached hydrogens (tertiary/aromatic N) is 2. The first kappa shape index (κ1) is 24.8. The molecule has 33 heavy (non-hydrogen) atoms. The molecular formula is C22H23Cl2N5O3S. The molecule has 0 radical (unpaired) electrons. The average Bonchev–Trinajstić information content (AvgIpc) is 3.27. The Morgan fingerprint density at radius 2 is 1.91 bits per heavy atom. The zero-order chi connectivity index (χ0) is 24.0. The zero-order valence-electron chi connectivity index (χ0n) is 18.2. The van der Waals surface area contributed by atoms with Gasteiger partial charge in [-0.2, -0.15) is 0 Å². The molecule has 0 aliphatic rings. The third-order valence-corrected chi connectivity index (χ3v) is 6.37. The highest BCUT2D eigenvalue weighted by molar-refractivity contribution is 7.18. The van der Waals surface area contributed by atoms with Crippen molar-refractivity contribution in [3.8, 4) is 16.3 Å². The SMILES string of the molecule is CCC(C)C(NC(=O)Nc1ccc(Cl)cc1Cl)C(=O)Nc1nnc(-c2cccc(OC)c2)s1. The summed E-state index contributed by atoms with van der Waals surface area (Å²) in [7, 11) is 1.59. The molecule has 3 N–H and O–H groups in total. The summed E-state index contributed by atoms with van der Waals surface area (Å²) in [6.45, 7) is 3.81. The van der Waals surface area contributed by atoms with Crippen molar-refractivity contribution in [2.24, 2.45) is 5.92 Å². The summed E-state index contributed by atoms with van der Waals surface area (Å²) in [5.74, 6) is 0.165. The van der Waals surface area contributed by atoms with Crippen LogP contribution in [0.5, 0.6) is 5.75 Å². The largest absolute Gasteiger partial charge is 0.497 e. The van der Waals surface area contributed by atoms with Crippen LogP contribution in [0, 0.1) is 5.92 Å². The van der Waals surface area contributed by atoms with Gasteiger partial charge in [0.15, 0.2) is 0 Å². The summed E-state index contributed by atoms with van der Waals surface area (Å²) < 4.78 is 5.24. The second-order valence-electron chi connectivity index (χ2n) is 7.22. The zero-order valence-corrected chi connectivity index (χ0v) is 20.5. The number of hydrogen-bond acceptors (Lipinski definition) is 6. The Bertz CT molecular complexity index is 1140. The Balaban J connectivity index is 1.69. The fourth-order valence-corrected chi connectivity index (χ4v) is 4.12. The maximum absolute atomic E-state index is 13.0. The molecule has 0 saturated carbocycles. The van der Waals surface area contributed by atoms with E-state index in [0.717, 1.165) is 5.56 Å². The van der Waals surface area contributed by atoms with Gasteiger partial charge in [0.05, 0.1) is 17.8 Å². The van der Waals surface area contributed by atoms with Crippen LogP contribution in [0.15, 0.2) is 42.5 Å². The van der Waals surface area contributed by atoms with Gasteiger partial charge in [0.25, 0.3) is 0 Å². The second kappa shape index (κ2) is 11.3. The van der Waals surface area contributed by atoms with Crippen LogP contribution in [0.4, 0.5) is 15.6 Å². The van der Waals surface area contributed by atoms with Crippen molar-refractivity contribution in [2.75, 3.05) is 17.7 Å². The lowest BCUT2D eigenvalue weighted by Gasteiger charge is -2.23. The van der Waals surface area contributed by atoms with Crippen molar-refractivity contribution in [3.05, 3.63) is 52.5 Å². The Morgan fingerprint density at radius 3 is 2.61 bits per heavy atom. The van der Waals surface area contributed by atoms with Crippen LogP contribution < -0.4 is 20.7 Å². The van der Waals surface area contributed by atoms with Crippen molar-refractivity contribution >= 4 is 57.3 Å². The fourth-order valence-electron chi connectivity index (χ4n) is 2.92. The minimum Gasteiger partial charge on any atom is -0.497 e. The van der Waals surface area contributed by atoms with E-state index in [-0.39, 0.29) is 5.92 Å². The summed E-state index contributed by atoms with van der Waals surface area (Å²) in [6.07, 6.45) is 0.672. The Kier molecular flexibility index (Phi) is 8.49. The molecule has 3 amide bonds. The Labute approximate surface area is 205 Å². The molecule has 3 rings (SSSR count). The van der Waals surface area contributed by atoms with E-state index in [9.17, 15) is 9.59 Å². The number of halogens is 2. The summed E-state index contributed by atoms with van der Waals surface area (Å²) in [4.78, 5) is 25.5. The van der Waals surface area contributed by atoms with Crippen molar-refractivity contribution in [1.29, 1.82) is 0 Å². The molecular weight excluding hydrogens is 485 g/mol. The molecule has 3 aromatic rings. The number of carbonyl (C=O) groups excluding carboxylic acids is 2. The van der Waals surface area contributed by atoms with Crippen molar-refractivity contribution < 1.29 is 14.3 Å². The fraction of sp³-hybridized carbons (Fsp3) is 0.273.